The first kappa shape index (κ1) is 29.4. The van der Waals surface area contributed by atoms with Crippen LogP contribution in [0.25, 0.3) is 0 Å². The lowest BCUT2D eigenvalue weighted by Gasteiger charge is -2.25. The van der Waals surface area contributed by atoms with Gasteiger partial charge in [0.2, 0.25) is 0 Å². The standard InChI is InChI=1S/C27H33Cl2NO7/c1-27(2,3)37-26(32)22(30-13-23(31)25-24(15-33-4)35-16-36-25)12-17-8-10-18(11-9-17)34-14-19-20(28)6-5-7-21(19)29/h5-11,22,24-25,30H,12-16H2,1-4H3/t22-,24-,25-/m0/s1. The van der Waals surface area contributed by atoms with Gasteiger partial charge in [-0.05, 0) is 57.0 Å². The fourth-order valence-electron chi connectivity index (χ4n) is 3.71. The van der Waals surface area contributed by atoms with Crippen molar-refractivity contribution in [2.75, 3.05) is 27.1 Å². The Morgan fingerprint density at radius 3 is 2.38 bits per heavy atom. The number of nitrogens with one attached hydrogen (secondary N) is 1. The second kappa shape index (κ2) is 13.6. The van der Waals surface area contributed by atoms with E-state index >= 15 is 0 Å². The molecule has 1 saturated heterocycles. The molecule has 0 aromatic heterocycles. The molecular weight excluding hydrogens is 521 g/mol. The van der Waals surface area contributed by atoms with Gasteiger partial charge in [0, 0.05) is 22.7 Å². The molecule has 0 amide bonds. The molecule has 0 saturated carbocycles. The smallest absolute Gasteiger partial charge is 0.324 e. The van der Waals surface area contributed by atoms with Gasteiger partial charge in [-0.2, -0.15) is 0 Å². The Bertz CT molecular complexity index is 1040. The highest BCUT2D eigenvalue weighted by Crippen LogP contribution is 2.26. The van der Waals surface area contributed by atoms with Gasteiger partial charge >= 0.3 is 5.97 Å². The SMILES string of the molecule is COC[C@@H]1OCO[C@H]1C(=O)CN[C@@H](Cc1ccc(OCc2c(Cl)cccc2Cl)cc1)C(=O)OC(C)(C)C. The molecule has 1 fully saturated rings. The molecule has 0 spiro atoms. The second-order valence-corrected chi connectivity index (χ2v) is 10.5. The minimum Gasteiger partial charge on any atom is -0.489 e. The number of ether oxygens (including phenoxy) is 5. The highest BCUT2D eigenvalue weighted by atomic mass is 35.5. The van der Waals surface area contributed by atoms with Gasteiger partial charge in [-0.15, -0.1) is 0 Å². The zero-order valence-corrected chi connectivity index (χ0v) is 22.9. The predicted molar refractivity (Wildman–Crippen MR) is 140 cm³/mol. The first-order valence-electron chi connectivity index (χ1n) is 11.9. The summed E-state index contributed by atoms with van der Waals surface area (Å²) in [4.78, 5) is 25.7. The quantitative estimate of drug-likeness (QED) is 0.387. The number of ketones is 1. The van der Waals surface area contributed by atoms with Crippen molar-refractivity contribution in [1.29, 1.82) is 0 Å². The lowest BCUT2D eigenvalue weighted by Crippen LogP contribution is -2.47. The van der Waals surface area contributed by atoms with Crippen molar-refractivity contribution >= 4 is 35.0 Å². The molecule has 2 aromatic rings. The summed E-state index contributed by atoms with van der Waals surface area (Å²) in [6.45, 7) is 5.79. The van der Waals surface area contributed by atoms with Gasteiger partial charge < -0.3 is 23.7 Å². The van der Waals surface area contributed by atoms with Crippen LogP contribution < -0.4 is 10.1 Å². The van der Waals surface area contributed by atoms with Crippen molar-refractivity contribution < 1.29 is 33.3 Å². The second-order valence-electron chi connectivity index (χ2n) is 9.64. The average molecular weight is 554 g/mol. The monoisotopic (exact) mass is 553 g/mol. The fraction of sp³-hybridized carbons (Fsp3) is 0.481. The molecule has 1 heterocycles. The maximum atomic E-state index is 12.9. The topological polar surface area (TPSA) is 92.3 Å². The summed E-state index contributed by atoms with van der Waals surface area (Å²) in [7, 11) is 1.53. The zero-order valence-electron chi connectivity index (χ0n) is 21.4. The van der Waals surface area contributed by atoms with Crippen LogP contribution in [0.2, 0.25) is 10.0 Å². The van der Waals surface area contributed by atoms with Crippen molar-refractivity contribution in [3.63, 3.8) is 0 Å². The van der Waals surface area contributed by atoms with Crippen LogP contribution in [0.1, 0.15) is 31.9 Å². The third-order valence-corrected chi connectivity index (χ3v) is 6.25. The first-order valence-corrected chi connectivity index (χ1v) is 12.7. The van der Waals surface area contributed by atoms with Crippen LogP contribution in [-0.4, -0.2) is 62.7 Å². The summed E-state index contributed by atoms with van der Waals surface area (Å²) in [6.07, 6.45) is -0.926. The molecule has 1 N–H and O–H groups in total. The van der Waals surface area contributed by atoms with Gasteiger partial charge in [0.1, 0.15) is 43.0 Å². The Morgan fingerprint density at radius 2 is 1.76 bits per heavy atom. The number of methoxy groups -OCH3 is 1. The Hall–Kier alpha value is -2.20. The third-order valence-electron chi connectivity index (χ3n) is 5.54. The van der Waals surface area contributed by atoms with E-state index in [0.29, 0.717) is 27.8 Å². The van der Waals surface area contributed by atoms with Gasteiger partial charge in [-0.1, -0.05) is 41.4 Å². The molecule has 10 heteroatoms. The van der Waals surface area contributed by atoms with Crippen LogP contribution in [0.4, 0.5) is 0 Å². The Morgan fingerprint density at radius 1 is 1.08 bits per heavy atom. The molecule has 1 aliphatic rings. The maximum absolute atomic E-state index is 12.9. The van der Waals surface area contributed by atoms with Gasteiger partial charge in [-0.25, -0.2) is 0 Å². The normalized spacial score (nSPS) is 18.4. The maximum Gasteiger partial charge on any atom is 0.324 e. The molecule has 2 aromatic carbocycles. The summed E-state index contributed by atoms with van der Waals surface area (Å²) >= 11 is 12.4. The highest BCUT2D eigenvalue weighted by molar-refractivity contribution is 6.35. The number of carbonyl (C=O) groups excluding carboxylic acids is 2. The van der Waals surface area contributed by atoms with E-state index in [2.05, 4.69) is 5.32 Å². The fourth-order valence-corrected chi connectivity index (χ4v) is 4.22. The van der Waals surface area contributed by atoms with Crippen LogP contribution in [-0.2, 0) is 41.6 Å². The first-order chi connectivity index (χ1) is 17.6. The van der Waals surface area contributed by atoms with Crippen LogP contribution >= 0.6 is 23.2 Å². The molecule has 37 heavy (non-hydrogen) atoms. The van der Waals surface area contributed by atoms with E-state index < -0.39 is 29.8 Å². The van der Waals surface area contributed by atoms with E-state index in [9.17, 15) is 9.59 Å². The number of rotatable bonds is 12. The molecule has 0 bridgehead atoms. The molecule has 0 aliphatic carbocycles. The number of benzene rings is 2. The lowest BCUT2D eigenvalue weighted by molar-refractivity contribution is -0.157. The Labute approximate surface area is 227 Å². The van der Waals surface area contributed by atoms with E-state index in [1.54, 1.807) is 51.1 Å². The molecule has 3 rings (SSSR count). The van der Waals surface area contributed by atoms with Gasteiger partial charge in [0.15, 0.2) is 5.78 Å². The summed E-state index contributed by atoms with van der Waals surface area (Å²) < 4.78 is 27.3. The van der Waals surface area contributed by atoms with E-state index in [0.717, 1.165) is 5.56 Å². The summed E-state index contributed by atoms with van der Waals surface area (Å²) in [5.41, 5.74) is 0.889. The molecule has 0 radical (unpaired) electrons. The van der Waals surface area contributed by atoms with E-state index in [-0.39, 0.29) is 32.3 Å². The molecule has 8 nitrogen and oxygen atoms in total. The summed E-state index contributed by atoms with van der Waals surface area (Å²) in [6, 6.07) is 11.9. The minimum atomic E-state index is -0.755. The minimum absolute atomic E-state index is 0.0248. The number of carbonyl (C=O) groups is 2. The average Bonchev–Trinajstić information content (AvgIpc) is 3.29. The molecule has 202 valence electrons. The molecule has 3 atom stereocenters. The Kier molecular flexibility index (Phi) is 10.8. The van der Waals surface area contributed by atoms with Crippen LogP contribution in [0.5, 0.6) is 5.75 Å². The third kappa shape index (κ3) is 8.95. The van der Waals surface area contributed by atoms with Crippen LogP contribution in [0, 0.1) is 0 Å². The van der Waals surface area contributed by atoms with Crippen LogP contribution in [0.15, 0.2) is 42.5 Å². The van der Waals surface area contributed by atoms with Crippen molar-refractivity contribution in [1.82, 2.24) is 5.32 Å². The number of hydrogen-bond acceptors (Lipinski definition) is 8. The molecular formula is C27H33Cl2NO7. The zero-order chi connectivity index (χ0) is 27.0. The van der Waals surface area contributed by atoms with Gasteiger partial charge in [0.05, 0.1) is 13.2 Å². The van der Waals surface area contributed by atoms with E-state index in [1.807, 2.05) is 12.1 Å². The van der Waals surface area contributed by atoms with Gasteiger partial charge in [-0.3, -0.25) is 14.9 Å². The van der Waals surface area contributed by atoms with Gasteiger partial charge in [0.25, 0.3) is 0 Å². The van der Waals surface area contributed by atoms with Crippen molar-refractivity contribution in [2.45, 2.75) is 57.6 Å². The number of esters is 1. The van der Waals surface area contributed by atoms with Crippen molar-refractivity contribution in [3.8, 4) is 5.75 Å². The van der Waals surface area contributed by atoms with E-state index in [4.69, 9.17) is 46.9 Å². The largest absolute Gasteiger partial charge is 0.489 e. The highest BCUT2D eigenvalue weighted by Gasteiger charge is 2.36. The number of Topliss-reactive ketones (excluding diaryl/α,β-unsaturated/α-hetero) is 1. The summed E-state index contributed by atoms with van der Waals surface area (Å²) in [5, 5.41) is 4.11. The summed E-state index contributed by atoms with van der Waals surface area (Å²) in [5.74, 6) is -0.0552. The molecule has 0 unspecified atom stereocenters. The van der Waals surface area contributed by atoms with Crippen molar-refractivity contribution in [2.24, 2.45) is 0 Å². The lowest BCUT2D eigenvalue weighted by atomic mass is 10.0. The number of halogens is 2. The predicted octanol–water partition coefficient (Wildman–Crippen LogP) is 4.37. The van der Waals surface area contributed by atoms with Crippen LogP contribution in [0.3, 0.4) is 0 Å². The Balaban J connectivity index is 1.63. The van der Waals surface area contributed by atoms with E-state index in [1.165, 1.54) is 7.11 Å². The molecule has 1 aliphatic heterocycles. The van der Waals surface area contributed by atoms with Crippen molar-refractivity contribution in [3.05, 3.63) is 63.6 Å². The number of hydrogen-bond donors (Lipinski definition) is 1.